The van der Waals surface area contributed by atoms with Crippen molar-refractivity contribution in [2.45, 2.75) is 57.0 Å². The molecule has 0 aromatic carbocycles. The molecular weight excluding hydrogens is 326 g/mol. The van der Waals surface area contributed by atoms with Crippen molar-refractivity contribution in [3.63, 3.8) is 0 Å². The van der Waals surface area contributed by atoms with Crippen LogP contribution < -0.4 is 5.32 Å². The van der Waals surface area contributed by atoms with E-state index in [0.29, 0.717) is 12.3 Å². The molecule has 8 nitrogen and oxygen atoms in total. The topological polar surface area (TPSA) is 108 Å². The van der Waals surface area contributed by atoms with Crippen LogP contribution in [0.3, 0.4) is 0 Å². The lowest BCUT2D eigenvalue weighted by molar-refractivity contribution is -0.148. The molecule has 1 atom stereocenters. The molecule has 1 spiro atoms. The fourth-order valence-corrected chi connectivity index (χ4v) is 3.82. The van der Waals surface area contributed by atoms with Gasteiger partial charge in [0.25, 0.3) is 5.91 Å². The van der Waals surface area contributed by atoms with Gasteiger partial charge in [-0.15, -0.1) is 0 Å². The molecule has 3 rings (SSSR count). The molecule has 0 aromatic rings. The lowest BCUT2D eigenvalue weighted by Gasteiger charge is -2.22. The van der Waals surface area contributed by atoms with Crippen LogP contribution in [-0.2, 0) is 19.2 Å². The van der Waals surface area contributed by atoms with Crippen LogP contribution in [0.15, 0.2) is 5.16 Å². The Labute approximate surface area is 146 Å². The van der Waals surface area contributed by atoms with Crippen molar-refractivity contribution in [2.24, 2.45) is 11.1 Å². The summed E-state index contributed by atoms with van der Waals surface area (Å²) in [5.41, 5.74) is -0.323. The molecule has 138 valence electrons. The smallest absolute Gasteiger partial charge is 0.303 e. The molecule has 3 heterocycles. The minimum absolute atomic E-state index is 0.000741. The van der Waals surface area contributed by atoms with Crippen LogP contribution in [0.1, 0.15) is 51.4 Å². The lowest BCUT2D eigenvalue weighted by Crippen LogP contribution is -2.41. The zero-order valence-corrected chi connectivity index (χ0v) is 14.3. The second-order valence-corrected chi connectivity index (χ2v) is 7.18. The molecule has 2 fully saturated rings. The number of hydrogen-bond acceptors (Lipinski definition) is 6. The van der Waals surface area contributed by atoms with Crippen LogP contribution >= 0.6 is 0 Å². The van der Waals surface area contributed by atoms with Gasteiger partial charge in [-0.25, -0.2) is 0 Å². The summed E-state index contributed by atoms with van der Waals surface area (Å²) in [5, 5.41) is 16.1. The SMILES string of the molecule is O=C(O)CCCN1C(=O)C[C@]2(CC(CCC3CCNCC3)=NO2)C1=O. The average molecular weight is 351 g/mol. The number of hydrogen-bond donors (Lipinski definition) is 2. The first-order chi connectivity index (χ1) is 12.0. The minimum atomic E-state index is -1.18. The first kappa shape index (κ1) is 17.8. The van der Waals surface area contributed by atoms with E-state index >= 15 is 0 Å². The number of carbonyl (C=O) groups is 3. The number of nitrogens with one attached hydrogen (secondary N) is 1. The molecule has 0 bridgehead atoms. The Bertz CT molecular complexity index is 585. The van der Waals surface area contributed by atoms with Crippen LogP contribution in [0.2, 0.25) is 0 Å². The van der Waals surface area contributed by atoms with Gasteiger partial charge in [-0.1, -0.05) is 5.16 Å². The fraction of sp³-hybridized carbons (Fsp3) is 0.765. The molecule has 0 saturated carbocycles. The molecular formula is C17H25N3O5. The van der Waals surface area contributed by atoms with Gasteiger partial charge in [-0.2, -0.15) is 0 Å². The van der Waals surface area contributed by atoms with Crippen LogP contribution in [0.5, 0.6) is 0 Å². The first-order valence-electron chi connectivity index (χ1n) is 9.01. The fourth-order valence-electron chi connectivity index (χ4n) is 3.82. The Kier molecular flexibility index (Phi) is 5.36. The zero-order chi connectivity index (χ0) is 17.9. The van der Waals surface area contributed by atoms with Gasteiger partial charge in [-0.05, 0) is 51.1 Å². The molecule has 0 unspecified atom stereocenters. The van der Waals surface area contributed by atoms with E-state index in [4.69, 9.17) is 9.94 Å². The summed E-state index contributed by atoms with van der Waals surface area (Å²) in [6, 6.07) is 0. The predicted molar refractivity (Wildman–Crippen MR) is 88.9 cm³/mol. The summed E-state index contributed by atoms with van der Waals surface area (Å²) >= 11 is 0. The number of rotatable bonds is 7. The first-order valence-corrected chi connectivity index (χ1v) is 9.01. The quantitative estimate of drug-likeness (QED) is 0.660. The van der Waals surface area contributed by atoms with E-state index < -0.39 is 11.6 Å². The number of amides is 2. The number of carboxylic acids is 1. The van der Waals surface area contributed by atoms with E-state index in [2.05, 4.69) is 10.5 Å². The van der Waals surface area contributed by atoms with E-state index in [1.54, 1.807) is 0 Å². The molecule has 0 aromatic heterocycles. The third-order valence-corrected chi connectivity index (χ3v) is 5.28. The minimum Gasteiger partial charge on any atom is -0.481 e. The van der Waals surface area contributed by atoms with Crippen LogP contribution in [-0.4, -0.2) is 58.7 Å². The van der Waals surface area contributed by atoms with E-state index in [0.717, 1.165) is 49.4 Å². The molecule has 0 radical (unpaired) electrons. The van der Waals surface area contributed by atoms with E-state index in [9.17, 15) is 14.4 Å². The molecule has 0 aliphatic carbocycles. The normalized spacial score (nSPS) is 27.0. The predicted octanol–water partition coefficient (Wildman–Crippen LogP) is 0.905. The zero-order valence-electron chi connectivity index (χ0n) is 14.3. The maximum absolute atomic E-state index is 12.6. The Morgan fingerprint density at radius 2 is 2.08 bits per heavy atom. The molecule has 8 heteroatoms. The Morgan fingerprint density at radius 3 is 2.80 bits per heavy atom. The number of imide groups is 1. The number of likely N-dealkylation sites (tertiary alicyclic amines) is 1. The van der Waals surface area contributed by atoms with Crippen molar-refractivity contribution in [3.05, 3.63) is 0 Å². The Hall–Kier alpha value is -1.96. The summed E-state index contributed by atoms with van der Waals surface area (Å²) in [6.07, 6.45) is 4.71. The maximum Gasteiger partial charge on any atom is 0.303 e. The summed E-state index contributed by atoms with van der Waals surface area (Å²) < 4.78 is 0. The van der Waals surface area contributed by atoms with E-state index in [-0.39, 0.29) is 37.6 Å². The number of nitrogens with zero attached hydrogens (tertiary/aromatic N) is 2. The maximum atomic E-state index is 12.6. The highest BCUT2D eigenvalue weighted by atomic mass is 16.7. The highest BCUT2D eigenvalue weighted by Crippen LogP contribution is 2.37. The number of oxime groups is 1. The summed E-state index contributed by atoms with van der Waals surface area (Å²) in [5.74, 6) is -0.933. The van der Waals surface area contributed by atoms with Gasteiger partial charge in [0.2, 0.25) is 11.5 Å². The van der Waals surface area contributed by atoms with Crippen LogP contribution in [0.4, 0.5) is 0 Å². The molecule has 25 heavy (non-hydrogen) atoms. The summed E-state index contributed by atoms with van der Waals surface area (Å²) in [7, 11) is 0. The standard InChI is InChI=1S/C17H25N3O5/c21-14-11-17(16(24)20(14)9-1-2-15(22)23)10-13(19-25-17)4-3-12-5-7-18-8-6-12/h12,18H,1-11H2,(H,22,23)/t17-/m1/s1. The second-order valence-electron chi connectivity index (χ2n) is 7.18. The second kappa shape index (κ2) is 7.51. The van der Waals surface area contributed by atoms with Gasteiger partial charge >= 0.3 is 5.97 Å². The highest BCUT2D eigenvalue weighted by Gasteiger charge is 2.57. The largest absolute Gasteiger partial charge is 0.481 e. The van der Waals surface area contributed by atoms with E-state index in [1.165, 1.54) is 0 Å². The Morgan fingerprint density at radius 1 is 1.32 bits per heavy atom. The van der Waals surface area contributed by atoms with Crippen molar-refractivity contribution in [3.8, 4) is 0 Å². The number of carbonyl (C=O) groups excluding carboxylic acids is 2. The van der Waals surface area contributed by atoms with Gasteiger partial charge in [0.15, 0.2) is 0 Å². The molecule has 2 N–H and O–H groups in total. The average Bonchev–Trinajstić information content (AvgIpc) is 3.10. The van der Waals surface area contributed by atoms with Crippen molar-refractivity contribution < 1.29 is 24.3 Å². The molecule has 3 aliphatic rings. The molecule has 2 saturated heterocycles. The van der Waals surface area contributed by atoms with Crippen molar-refractivity contribution >= 4 is 23.5 Å². The van der Waals surface area contributed by atoms with Crippen molar-refractivity contribution in [2.75, 3.05) is 19.6 Å². The number of aliphatic carboxylic acids is 1. The monoisotopic (exact) mass is 351 g/mol. The third-order valence-electron chi connectivity index (χ3n) is 5.28. The number of piperidine rings is 1. The van der Waals surface area contributed by atoms with Gasteiger partial charge < -0.3 is 15.3 Å². The van der Waals surface area contributed by atoms with Crippen molar-refractivity contribution in [1.82, 2.24) is 10.2 Å². The van der Waals surface area contributed by atoms with Gasteiger partial charge in [0.05, 0.1) is 12.1 Å². The van der Waals surface area contributed by atoms with Gasteiger partial charge in [0, 0.05) is 19.4 Å². The number of carboxylic acid groups (broad SMARTS) is 1. The highest BCUT2D eigenvalue weighted by molar-refractivity contribution is 6.10. The van der Waals surface area contributed by atoms with E-state index in [1.807, 2.05) is 0 Å². The van der Waals surface area contributed by atoms with Gasteiger partial charge in [0.1, 0.15) is 0 Å². The lowest BCUT2D eigenvalue weighted by atomic mass is 9.89. The summed E-state index contributed by atoms with van der Waals surface area (Å²) in [4.78, 5) is 41.9. The molecule has 3 aliphatic heterocycles. The van der Waals surface area contributed by atoms with Crippen LogP contribution in [0.25, 0.3) is 0 Å². The third kappa shape index (κ3) is 4.00. The summed E-state index contributed by atoms with van der Waals surface area (Å²) in [6.45, 7) is 2.23. The Balaban J connectivity index is 1.50. The van der Waals surface area contributed by atoms with Crippen LogP contribution in [0, 0.1) is 5.92 Å². The molecule has 2 amide bonds. The van der Waals surface area contributed by atoms with Gasteiger partial charge in [-0.3, -0.25) is 19.3 Å². The van der Waals surface area contributed by atoms with Crippen molar-refractivity contribution in [1.29, 1.82) is 0 Å².